The van der Waals surface area contributed by atoms with Crippen LogP contribution in [0.1, 0.15) is 39.6 Å². The van der Waals surface area contributed by atoms with Gasteiger partial charge < -0.3 is 0 Å². The predicted octanol–water partition coefficient (Wildman–Crippen LogP) is 1.09. The molecule has 0 aliphatic carbocycles. The fraction of sp³-hybridized carbons (Fsp3) is 0.818. The van der Waals surface area contributed by atoms with Crippen molar-refractivity contribution in [1.29, 1.82) is 0 Å². The van der Waals surface area contributed by atoms with E-state index in [0.29, 0.717) is 5.82 Å². The van der Waals surface area contributed by atoms with Gasteiger partial charge in [-0.2, -0.15) is 5.10 Å². The van der Waals surface area contributed by atoms with Crippen LogP contribution < -0.4 is 4.72 Å². The highest BCUT2D eigenvalue weighted by Gasteiger charge is 2.26. The third kappa shape index (κ3) is 4.06. The molecule has 18 heavy (non-hydrogen) atoms. The molecule has 0 aliphatic heterocycles. The van der Waals surface area contributed by atoms with Gasteiger partial charge in [-0.15, -0.1) is 0 Å². The summed E-state index contributed by atoms with van der Waals surface area (Å²) in [7, 11) is -1.54. The predicted molar refractivity (Wildman–Crippen MR) is 70.3 cm³/mol. The van der Waals surface area contributed by atoms with E-state index in [4.69, 9.17) is 0 Å². The molecule has 0 fully saturated rings. The van der Waals surface area contributed by atoms with Crippen molar-refractivity contribution in [1.82, 2.24) is 19.5 Å². The Labute approximate surface area is 109 Å². The van der Waals surface area contributed by atoms with Crippen LogP contribution in [0.2, 0.25) is 0 Å². The Kier molecular flexibility index (Phi) is 4.86. The molecule has 0 aliphatic rings. The van der Waals surface area contributed by atoms with Crippen LogP contribution in [0.15, 0.2) is 6.33 Å². The minimum Gasteiger partial charge on any atom is -0.252 e. The van der Waals surface area contributed by atoms with E-state index in [-0.39, 0.29) is 23.6 Å². The average molecular weight is 274 g/mol. The van der Waals surface area contributed by atoms with Crippen molar-refractivity contribution in [3.05, 3.63) is 12.2 Å². The van der Waals surface area contributed by atoms with Gasteiger partial charge >= 0.3 is 0 Å². The Bertz CT molecular complexity index is 479. The second kappa shape index (κ2) is 5.79. The van der Waals surface area contributed by atoms with E-state index in [1.54, 1.807) is 11.7 Å². The molecule has 0 spiro atoms. The van der Waals surface area contributed by atoms with Crippen LogP contribution in [0, 0.1) is 11.8 Å². The van der Waals surface area contributed by atoms with Crippen molar-refractivity contribution in [3.8, 4) is 0 Å². The molecular formula is C11H22N4O2S. The molecule has 0 bridgehead atoms. The van der Waals surface area contributed by atoms with E-state index in [1.165, 1.54) is 6.33 Å². The first-order valence-electron chi connectivity index (χ1n) is 6.07. The van der Waals surface area contributed by atoms with Gasteiger partial charge in [0.1, 0.15) is 12.2 Å². The number of sulfonamides is 1. The number of rotatable bonds is 6. The molecule has 6 nitrogen and oxygen atoms in total. The summed E-state index contributed by atoms with van der Waals surface area (Å²) in [4.78, 5) is 4.13. The Morgan fingerprint density at radius 2 is 1.94 bits per heavy atom. The zero-order chi connectivity index (χ0) is 13.9. The number of hydrogen-bond donors (Lipinski definition) is 1. The number of aromatic nitrogens is 3. The third-order valence-corrected chi connectivity index (χ3v) is 4.27. The van der Waals surface area contributed by atoms with Crippen molar-refractivity contribution in [3.63, 3.8) is 0 Å². The molecular weight excluding hydrogens is 252 g/mol. The lowest BCUT2D eigenvalue weighted by molar-refractivity contribution is 0.427. The average Bonchev–Trinajstić information content (AvgIpc) is 2.58. The second-order valence-electron chi connectivity index (χ2n) is 5.26. The maximum absolute atomic E-state index is 12.0. The molecule has 7 heteroatoms. The van der Waals surface area contributed by atoms with Crippen LogP contribution in [0.5, 0.6) is 0 Å². The normalized spacial score (nSPS) is 14.4. The summed E-state index contributed by atoms with van der Waals surface area (Å²) in [6.45, 7) is 7.67. The third-order valence-electron chi connectivity index (χ3n) is 2.55. The number of hydrogen-bond acceptors (Lipinski definition) is 4. The summed E-state index contributed by atoms with van der Waals surface area (Å²) >= 11 is 0. The lowest BCUT2D eigenvalue weighted by Crippen LogP contribution is -2.36. The highest BCUT2D eigenvalue weighted by Crippen LogP contribution is 2.20. The largest absolute Gasteiger partial charge is 0.252 e. The standard InChI is InChI=1S/C11H22N4O2S/c1-8(2)6-18(16,17)14-10(9(3)4)11-12-7-13-15(11)5/h7-10,14H,6H2,1-5H3/t10-/m1/s1. The van der Waals surface area contributed by atoms with Crippen molar-refractivity contribution >= 4 is 10.0 Å². The number of nitrogens with zero attached hydrogens (tertiary/aromatic N) is 3. The van der Waals surface area contributed by atoms with Gasteiger partial charge in [-0.05, 0) is 11.8 Å². The van der Waals surface area contributed by atoms with Gasteiger partial charge in [-0.3, -0.25) is 4.68 Å². The summed E-state index contributed by atoms with van der Waals surface area (Å²) in [5.41, 5.74) is 0. The van der Waals surface area contributed by atoms with Gasteiger partial charge in [-0.1, -0.05) is 27.7 Å². The molecule has 0 saturated carbocycles. The van der Waals surface area contributed by atoms with Crippen LogP contribution in [-0.2, 0) is 17.1 Å². The summed E-state index contributed by atoms with van der Waals surface area (Å²) in [6, 6.07) is -0.346. The molecule has 0 radical (unpaired) electrons. The summed E-state index contributed by atoms with van der Waals surface area (Å²) in [5, 5.41) is 3.98. The molecule has 0 saturated heterocycles. The van der Waals surface area contributed by atoms with Crippen molar-refractivity contribution in [2.24, 2.45) is 18.9 Å². The molecule has 1 aromatic heterocycles. The molecule has 1 atom stereocenters. The van der Waals surface area contributed by atoms with Gasteiger partial charge in [-0.25, -0.2) is 18.1 Å². The van der Waals surface area contributed by atoms with Gasteiger partial charge in [0, 0.05) is 7.05 Å². The van der Waals surface area contributed by atoms with Gasteiger partial charge in [0.05, 0.1) is 11.8 Å². The number of aryl methyl sites for hydroxylation is 1. The molecule has 0 aromatic carbocycles. The van der Waals surface area contributed by atoms with Crippen LogP contribution >= 0.6 is 0 Å². The summed E-state index contributed by atoms with van der Waals surface area (Å²) < 4.78 is 28.3. The van der Waals surface area contributed by atoms with Crippen LogP contribution in [0.3, 0.4) is 0 Å². The fourth-order valence-electron chi connectivity index (χ4n) is 1.75. The van der Waals surface area contributed by atoms with E-state index >= 15 is 0 Å². The smallest absolute Gasteiger partial charge is 0.212 e. The SMILES string of the molecule is CC(C)CS(=O)(=O)N[C@@H](c1ncnn1C)C(C)C. The highest BCUT2D eigenvalue weighted by molar-refractivity contribution is 7.89. The first kappa shape index (κ1) is 15.1. The van der Waals surface area contributed by atoms with Crippen LogP contribution in [0.25, 0.3) is 0 Å². The Hall–Kier alpha value is -0.950. The monoisotopic (exact) mass is 274 g/mol. The van der Waals surface area contributed by atoms with Crippen LogP contribution in [-0.4, -0.2) is 28.9 Å². The molecule has 1 heterocycles. The highest BCUT2D eigenvalue weighted by atomic mass is 32.2. The zero-order valence-electron chi connectivity index (χ0n) is 11.6. The Balaban J connectivity index is 2.93. The Morgan fingerprint density at radius 1 is 1.33 bits per heavy atom. The second-order valence-corrected chi connectivity index (χ2v) is 7.06. The van der Waals surface area contributed by atoms with E-state index in [9.17, 15) is 8.42 Å². The lowest BCUT2D eigenvalue weighted by Gasteiger charge is -2.21. The van der Waals surface area contributed by atoms with E-state index < -0.39 is 10.0 Å². The first-order chi connectivity index (χ1) is 8.23. The lowest BCUT2D eigenvalue weighted by atomic mass is 10.1. The molecule has 1 aromatic rings. The summed E-state index contributed by atoms with van der Waals surface area (Å²) in [6.07, 6.45) is 1.43. The first-order valence-corrected chi connectivity index (χ1v) is 7.72. The van der Waals surface area contributed by atoms with E-state index in [0.717, 1.165) is 0 Å². The maximum atomic E-state index is 12.0. The van der Waals surface area contributed by atoms with Crippen LogP contribution in [0.4, 0.5) is 0 Å². The Morgan fingerprint density at radius 3 is 2.33 bits per heavy atom. The maximum Gasteiger partial charge on any atom is 0.212 e. The van der Waals surface area contributed by atoms with Crippen molar-refractivity contribution in [2.75, 3.05) is 5.75 Å². The van der Waals surface area contributed by atoms with Crippen molar-refractivity contribution in [2.45, 2.75) is 33.7 Å². The van der Waals surface area contributed by atoms with E-state index in [1.807, 2.05) is 27.7 Å². The topological polar surface area (TPSA) is 76.9 Å². The molecule has 0 amide bonds. The number of nitrogens with one attached hydrogen (secondary N) is 1. The molecule has 104 valence electrons. The zero-order valence-corrected chi connectivity index (χ0v) is 12.4. The quantitative estimate of drug-likeness (QED) is 0.842. The fourth-order valence-corrected chi connectivity index (χ4v) is 3.49. The minimum absolute atomic E-state index is 0.0924. The van der Waals surface area contributed by atoms with Crippen molar-refractivity contribution < 1.29 is 8.42 Å². The molecule has 1 rings (SSSR count). The van der Waals surface area contributed by atoms with Gasteiger partial charge in [0.15, 0.2) is 0 Å². The van der Waals surface area contributed by atoms with Gasteiger partial charge in [0.2, 0.25) is 10.0 Å². The van der Waals surface area contributed by atoms with E-state index in [2.05, 4.69) is 14.8 Å². The van der Waals surface area contributed by atoms with Gasteiger partial charge in [0.25, 0.3) is 0 Å². The molecule has 0 unspecified atom stereocenters. The minimum atomic E-state index is -3.30. The summed E-state index contributed by atoms with van der Waals surface area (Å²) in [5.74, 6) is 0.954. The molecule has 1 N–H and O–H groups in total.